The summed E-state index contributed by atoms with van der Waals surface area (Å²) in [6.07, 6.45) is 1.39. The maximum atomic E-state index is 11.6. The number of carbonyl (C=O) groups is 1. The standard InChI is InChI=1S/C12H9Cl2N3O2S/c1-19-12(18)6-3-2-4-7(9(6)14)20-11-10(15)17-8(13)5-16-11/h2-5H,1H3,(H2,15,17). The van der Waals surface area contributed by atoms with Crippen LogP contribution in [0.25, 0.3) is 0 Å². The highest BCUT2D eigenvalue weighted by molar-refractivity contribution is 7.99. The number of ether oxygens (including phenoxy) is 1. The Morgan fingerprint density at radius 3 is 2.80 bits per heavy atom. The number of hydrogen-bond acceptors (Lipinski definition) is 6. The molecule has 1 heterocycles. The number of halogens is 2. The molecule has 0 aliphatic carbocycles. The lowest BCUT2D eigenvalue weighted by atomic mass is 10.2. The van der Waals surface area contributed by atoms with Gasteiger partial charge in [-0.2, -0.15) is 0 Å². The molecule has 0 aliphatic rings. The Balaban J connectivity index is 2.37. The smallest absolute Gasteiger partial charge is 0.339 e. The van der Waals surface area contributed by atoms with Crippen molar-refractivity contribution in [3.8, 4) is 0 Å². The molecular weight excluding hydrogens is 321 g/mol. The van der Waals surface area contributed by atoms with Crippen molar-refractivity contribution in [2.24, 2.45) is 0 Å². The zero-order valence-electron chi connectivity index (χ0n) is 10.3. The first-order valence-electron chi connectivity index (χ1n) is 5.35. The van der Waals surface area contributed by atoms with Gasteiger partial charge in [-0.1, -0.05) is 41.0 Å². The Morgan fingerprint density at radius 2 is 2.15 bits per heavy atom. The molecule has 0 fully saturated rings. The highest BCUT2D eigenvalue weighted by atomic mass is 35.5. The average molecular weight is 330 g/mol. The van der Waals surface area contributed by atoms with Crippen LogP contribution in [0.15, 0.2) is 34.3 Å². The number of rotatable bonds is 3. The second-order valence-electron chi connectivity index (χ2n) is 3.59. The van der Waals surface area contributed by atoms with E-state index in [9.17, 15) is 4.79 Å². The Bertz CT molecular complexity index is 667. The first-order valence-corrected chi connectivity index (χ1v) is 6.93. The van der Waals surface area contributed by atoms with Gasteiger partial charge in [0, 0.05) is 4.90 Å². The summed E-state index contributed by atoms with van der Waals surface area (Å²) in [6, 6.07) is 5.02. The van der Waals surface area contributed by atoms with Crippen LogP contribution in [-0.2, 0) is 4.74 Å². The molecule has 104 valence electrons. The van der Waals surface area contributed by atoms with Crippen LogP contribution in [-0.4, -0.2) is 23.0 Å². The van der Waals surface area contributed by atoms with Crippen LogP contribution >= 0.6 is 35.0 Å². The largest absolute Gasteiger partial charge is 0.465 e. The number of benzene rings is 1. The fourth-order valence-corrected chi connectivity index (χ4v) is 2.68. The van der Waals surface area contributed by atoms with Crippen molar-refractivity contribution in [3.63, 3.8) is 0 Å². The topological polar surface area (TPSA) is 78.1 Å². The van der Waals surface area contributed by atoms with Gasteiger partial charge in [-0.15, -0.1) is 0 Å². The summed E-state index contributed by atoms with van der Waals surface area (Å²) in [5.41, 5.74) is 6.01. The van der Waals surface area contributed by atoms with Crippen molar-refractivity contribution in [1.82, 2.24) is 9.97 Å². The molecule has 2 rings (SSSR count). The minimum Gasteiger partial charge on any atom is -0.465 e. The van der Waals surface area contributed by atoms with Crippen molar-refractivity contribution < 1.29 is 9.53 Å². The molecule has 8 heteroatoms. The second kappa shape index (κ2) is 6.30. The fraction of sp³-hybridized carbons (Fsp3) is 0.0833. The molecule has 20 heavy (non-hydrogen) atoms. The van der Waals surface area contributed by atoms with Crippen LogP contribution in [0.2, 0.25) is 10.2 Å². The summed E-state index contributed by atoms with van der Waals surface area (Å²) in [5, 5.41) is 0.945. The third-order valence-corrected chi connectivity index (χ3v) is 4.08. The first-order chi connectivity index (χ1) is 9.52. The van der Waals surface area contributed by atoms with Gasteiger partial charge in [-0.25, -0.2) is 14.8 Å². The molecule has 1 aromatic carbocycles. The predicted octanol–water partition coefficient (Wildman–Crippen LogP) is 3.30. The number of nitrogens with zero attached hydrogens (tertiary/aromatic N) is 2. The van der Waals surface area contributed by atoms with Gasteiger partial charge in [-0.3, -0.25) is 0 Å². The molecule has 0 saturated heterocycles. The van der Waals surface area contributed by atoms with Gasteiger partial charge in [0.1, 0.15) is 10.2 Å². The summed E-state index contributed by atoms with van der Waals surface area (Å²) in [7, 11) is 1.29. The quantitative estimate of drug-likeness (QED) is 0.870. The van der Waals surface area contributed by atoms with Crippen molar-refractivity contribution in [3.05, 3.63) is 40.1 Å². The molecule has 0 atom stereocenters. The number of esters is 1. The van der Waals surface area contributed by atoms with Gasteiger partial charge in [-0.05, 0) is 12.1 Å². The maximum absolute atomic E-state index is 11.6. The average Bonchev–Trinajstić information content (AvgIpc) is 2.43. The summed E-state index contributed by atoms with van der Waals surface area (Å²) < 4.78 is 4.66. The number of hydrogen-bond donors (Lipinski definition) is 1. The molecule has 0 radical (unpaired) electrons. The van der Waals surface area contributed by atoms with E-state index in [0.717, 1.165) is 0 Å². The zero-order chi connectivity index (χ0) is 14.7. The van der Waals surface area contributed by atoms with E-state index < -0.39 is 5.97 Å². The number of aromatic nitrogens is 2. The van der Waals surface area contributed by atoms with Crippen LogP contribution in [0.1, 0.15) is 10.4 Å². The van der Waals surface area contributed by atoms with E-state index in [4.69, 9.17) is 28.9 Å². The predicted molar refractivity (Wildman–Crippen MR) is 78.4 cm³/mol. The van der Waals surface area contributed by atoms with Crippen molar-refractivity contribution in [1.29, 1.82) is 0 Å². The number of carbonyl (C=O) groups excluding carboxylic acids is 1. The van der Waals surface area contributed by atoms with Crippen molar-refractivity contribution in [2.75, 3.05) is 12.8 Å². The summed E-state index contributed by atoms with van der Waals surface area (Å²) in [6.45, 7) is 0. The van der Waals surface area contributed by atoms with E-state index in [0.29, 0.717) is 9.92 Å². The Morgan fingerprint density at radius 1 is 1.40 bits per heavy atom. The van der Waals surface area contributed by atoms with Crippen LogP contribution in [0.3, 0.4) is 0 Å². The Labute approximate surface area is 129 Å². The molecule has 0 spiro atoms. The molecule has 0 unspecified atom stereocenters. The fourth-order valence-electron chi connectivity index (χ4n) is 1.41. The van der Waals surface area contributed by atoms with E-state index in [1.807, 2.05) is 0 Å². The van der Waals surface area contributed by atoms with Crippen molar-refractivity contribution >= 4 is 46.8 Å². The number of anilines is 1. The second-order valence-corrected chi connectivity index (χ2v) is 5.39. The molecule has 0 saturated carbocycles. The summed E-state index contributed by atoms with van der Waals surface area (Å²) in [4.78, 5) is 20.2. The highest BCUT2D eigenvalue weighted by Crippen LogP contribution is 2.36. The zero-order valence-corrected chi connectivity index (χ0v) is 12.6. The molecule has 0 bridgehead atoms. The molecule has 2 N–H and O–H groups in total. The third kappa shape index (κ3) is 3.15. The van der Waals surface area contributed by atoms with Crippen LogP contribution in [0.4, 0.5) is 5.82 Å². The van der Waals surface area contributed by atoms with Crippen LogP contribution in [0, 0.1) is 0 Å². The normalized spacial score (nSPS) is 10.3. The molecule has 0 amide bonds. The van der Waals surface area contributed by atoms with Crippen LogP contribution < -0.4 is 5.73 Å². The minimum absolute atomic E-state index is 0.196. The Kier molecular flexibility index (Phi) is 4.69. The van der Waals surface area contributed by atoms with Gasteiger partial charge in [0.2, 0.25) is 0 Å². The molecule has 5 nitrogen and oxygen atoms in total. The molecular formula is C12H9Cl2N3O2S. The monoisotopic (exact) mass is 329 g/mol. The summed E-state index contributed by atoms with van der Waals surface area (Å²) >= 11 is 13.1. The highest BCUT2D eigenvalue weighted by Gasteiger charge is 2.16. The van der Waals surface area contributed by atoms with E-state index in [1.165, 1.54) is 25.1 Å². The van der Waals surface area contributed by atoms with Gasteiger partial charge in [0.25, 0.3) is 0 Å². The Hall–Kier alpha value is -1.50. The first kappa shape index (κ1) is 14.9. The summed E-state index contributed by atoms with van der Waals surface area (Å²) in [5.74, 6) is -0.311. The molecule has 2 aromatic rings. The lowest BCUT2D eigenvalue weighted by Crippen LogP contribution is -2.02. The van der Waals surface area contributed by atoms with Gasteiger partial charge in [0.15, 0.2) is 5.82 Å². The van der Waals surface area contributed by atoms with E-state index in [2.05, 4.69) is 14.7 Å². The van der Waals surface area contributed by atoms with Gasteiger partial charge in [0.05, 0.1) is 23.9 Å². The maximum Gasteiger partial charge on any atom is 0.339 e. The van der Waals surface area contributed by atoms with Crippen LogP contribution in [0.5, 0.6) is 0 Å². The molecule has 1 aromatic heterocycles. The van der Waals surface area contributed by atoms with E-state index in [-0.39, 0.29) is 21.6 Å². The minimum atomic E-state index is -0.507. The lowest BCUT2D eigenvalue weighted by Gasteiger charge is -2.08. The SMILES string of the molecule is COC(=O)c1cccc(Sc2ncc(Cl)nc2N)c1Cl. The van der Waals surface area contributed by atoms with E-state index >= 15 is 0 Å². The van der Waals surface area contributed by atoms with E-state index in [1.54, 1.807) is 18.2 Å². The molecule has 0 aliphatic heterocycles. The van der Waals surface area contributed by atoms with Crippen molar-refractivity contribution in [2.45, 2.75) is 9.92 Å². The van der Waals surface area contributed by atoms with Gasteiger partial charge < -0.3 is 10.5 Å². The van der Waals surface area contributed by atoms with Gasteiger partial charge >= 0.3 is 5.97 Å². The third-order valence-electron chi connectivity index (χ3n) is 2.31. The number of nitrogens with two attached hydrogens (primary N) is 1. The lowest BCUT2D eigenvalue weighted by molar-refractivity contribution is 0.0600. The number of methoxy groups -OCH3 is 1. The number of nitrogen functional groups attached to an aromatic ring is 1.